The second-order valence-electron chi connectivity index (χ2n) is 4.69. The number of aryl methyl sites for hydroxylation is 1. The zero-order valence-electron chi connectivity index (χ0n) is 12.5. The molecule has 0 aliphatic carbocycles. The van der Waals surface area contributed by atoms with Gasteiger partial charge in [-0.05, 0) is 31.7 Å². The van der Waals surface area contributed by atoms with Crippen molar-refractivity contribution in [3.05, 3.63) is 48.0 Å². The number of aromatic nitrogens is 2. The van der Waals surface area contributed by atoms with Crippen molar-refractivity contribution in [2.45, 2.75) is 32.9 Å². The van der Waals surface area contributed by atoms with Gasteiger partial charge in [-0.3, -0.25) is 0 Å². The van der Waals surface area contributed by atoms with Crippen molar-refractivity contribution in [2.75, 3.05) is 13.7 Å². The number of imidazole rings is 1. The number of rotatable bonds is 7. The molecule has 0 amide bonds. The third kappa shape index (κ3) is 3.39. The quantitative estimate of drug-likeness (QED) is 0.843. The first-order valence-corrected chi connectivity index (χ1v) is 7.18. The zero-order valence-corrected chi connectivity index (χ0v) is 12.5. The molecule has 20 heavy (non-hydrogen) atoms. The van der Waals surface area contributed by atoms with Gasteiger partial charge in [0.1, 0.15) is 11.6 Å². The summed E-state index contributed by atoms with van der Waals surface area (Å²) in [5.74, 6) is 2.04. The van der Waals surface area contributed by atoms with E-state index in [-0.39, 0.29) is 6.04 Å². The topological polar surface area (TPSA) is 39.1 Å². The van der Waals surface area contributed by atoms with Gasteiger partial charge in [-0.2, -0.15) is 0 Å². The fourth-order valence-electron chi connectivity index (χ4n) is 2.34. The number of ether oxygens (including phenoxy) is 1. The van der Waals surface area contributed by atoms with Gasteiger partial charge in [-0.1, -0.05) is 19.1 Å². The molecule has 1 aromatic heterocycles. The molecular formula is C16H23N3O. The Morgan fingerprint density at radius 1 is 1.25 bits per heavy atom. The summed E-state index contributed by atoms with van der Waals surface area (Å²) in [6.07, 6.45) is 4.86. The van der Waals surface area contributed by atoms with Crippen LogP contribution in [0.3, 0.4) is 0 Å². The van der Waals surface area contributed by atoms with E-state index in [9.17, 15) is 0 Å². The van der Waals surface area contributed by atoms with Crippen molar-refractivity contribution in [1.29, 1.82) is 0 Å². The molecule has 0 spiro atoms. The molecule has 0 saturated carbocycles. The molecule has 1 N–H and O–H groups in total. The Balaban J connectivity index is 2.11. The SMILES string of the molecule is CCOc1ccc(C(Cn2ccnc2CC)NC)cc1. The average Bonchev–Trinajstić information content (AvgIpc) is 2.93. The zero-order chi connectivity index (χ0) is 14.4. The number of nitrogens with one attached hydrogen (secondary N) is 1. The second kappa shape index (κ2) is 7.10. The normalized spacial score (nSPS) is 12.3. The predicted molar refractivity (Wildman–Crippen MR) is 81.0 cm³/mol. The van der Waals surface area contributed by atoms with E-state index in [0.717, 1.165) is 24.5 Å². The smallest absolute Gasteiger partial charge is 0.119 e. The lowest BCUT2D eigenvalue weighted by Gasteiger charge is -2.19. The van der Waals surface area contributed by atoms with E-state index in [2.05, 4.69) is 33.9 Å². The molecule has 1 atom stereocenters. The first-order chi connectivity index (χ1) is 9.78. The van der Waals surface area contributed by atoms with Gasteiger partial charge in [0.05, 0.1) is 6.61 Å². The predicted octanol–water partition coefficient (Wildman–Crippen LogP) is 2.80. The molecule has 4 nitrogen and oxygen atoms in total. The van der Waals surface area contributed by atoms with Crippen LogP contribution in [-0.4, -0.2) is 23.2 Å². The van der Waals surface area contributed by atoms with Gasteiger partial charge >= 0.3 is 0 Å². The van der Waals surface area contributed by atoms with Crippen LogP contribution in [0, 0.1) is 0 Å². The Labute approximate surface area is 120 Å². The van der Waals surface area contributed by atoms with E-state index in [4.69, 9.17) is 4.74 Å². The summed E-state index contributed by atoms with van der Waals surface area (Å²) in [6, 6.07) is 8.56. The summed E-state index contributed by atoms with van der Waals surface area (Å²) in [5.41, 5.74) is 1.26. The minimum Gasteiger partial charge on any atom is -0.494 e. The Morgan fingerprint density at radius 3 is 2.60 bits per heavy atom. The molecular weight excluding hydrogens is 250 g/mol. The van der Waals surface area contributed by atoms with Crippen molar-refractivity contribution in [3.63, 3.8) is 0 Å². The number of benzene rings is 1. The fourth-order valence-corrected chi connectivity index (χ4v) is 2.34. The van der Waals surface area contributed by atoms with Crippen LogP contribution in [0.2, 0.25) is 0 Å². The van der Waals surface area contributed by atoms with Gasteiger partial charge in [-0.25, -0.2) is 4.98 Å². The third-order valence-corrected chi connectivity index (χ3v) is 3.44. The summed E-state index contributed by atoms with van der Waals surface area (Å²) in [7, 11) is 1.99. The van der Waals surface area contributed by atoms with Gasteiger partial charge in [0.2, 0.25) is 0 Å². The Hall–Kier alpha value is -1.81. The standard InChI is InChI=1S/C16H23N3O/c1-4-16-18-10-11-19(16)12-15(17-3)13-6-8-14(9-7-13)20-5-2/h6-11,15,17H,4-5,12H2,1-3H3. The minimum atomic E-state index is 0.269. The molecule has 4 heteroatoms. The maximum atomic E-state index is 5.48. The van der Waals surface area contributed by atoms with Crippen LogP contribution in [0.4, 0.5) is 0 Å². The van der Waals surface area contributed by atoms with E-state index in [1.807, 2.05) is 38.5 Å². The van der Waals surface area contributed by atoms with Gasteiger partial charge in [-0.15, -0.1) is 0 Å². The summed E-state index contributed by atoms with van der Waals surface area (Å²) in [6.45, 7) is 5.71. The van der Waals surface area contributed by atoms with Crippen molar-refractivity contribution in [3.8, 4) is 5.75 Å². The molecule has 0 radical (unpaired) electrons. The number of nitrogens with zero attached hydrogens (tertiary/aromatic N) is 2. The lowest BCUT2D eigenvalue weighted by Crippen LogP contribution is -2.22. The highest BCUT2D eigenvalue weighted by molar-refractivity contribution is 5.29. The van der Waals surface area contributed by atoms with Gasteiger partial charge < -0.3 is 14.6 Å². The maximum Gasteiger partial charge on any atom is 0.119 e. The molecule has 1 heterocycles. The van der Waals surface area contributed by atoms with Crippen molar-refractivity contribution >= 4 is 0 Å². The fraction of sp³-hybridized carbons (Fsp3) is 0.438. The van der Waals surface area contributed by atoms with E-state index in [0.29, 0.717) is 6.61 Å². The molecule has 2 rings (SSSR count). The highest BCUT2D eigenvalue weighted by Gasteiger charge is 2.11. The lowest BCUT2D eigenvalue weighted by molar-refractivity contribution is 0.340. The molecule has 0 aliphatic heterocycles. The van der Waals surface area contributed by atoms with Gasteiger partial charge in [0, 0.05) is 31.4 Å². The Morgan fingerprint density at radius 2 is 2.00 bits per heavy atom. The van der Waals surface area contributed by atoms with E-state index >= 15 is 0 Å². The summed E-state index contributed by atoms with van der Waals surface area (Å²) in [4.78, 5) is 4.37. The van der Waals surface area contributed by atoms with E-state index < -0.39 is 0 Å². The Bertz CT molecular complexity index is 519. The number of likely N-dealkylation sites (N-methyl/N-ethyl adjacent to an activating group) is 1. The Kier molecular flexibility index (Phi) is 5.18. The highest BCUT2D eigenvalue weighted by atomic mass is 16.5. The van der Waals surface area contributed by atoms with Crippen LogP contribution in [0.5, 0.6) is 5.75 Å². The van der Waals surface area contributed by atoms with Gasteiger partial charge in [0.15, 0.2) is 0 Å². The van der Waals surface area contributed by atoms with Crippen LogP contribution in [0.1, 0.15) is 31.3 Å². The van der Waals surface area contributed by atoms with Crippen LogP contribution in [0.25, 0.3) is 0 Å². The number of hydrogen-bond donors (Lipinski definition) is 1. The first kappa shape index (κ1) is 14.6. The molecule has 108 valence electrons. The molecule has 1 unspecified atom stereocenters. The van der Waals surface area contributed by atoms with Crippen molar-refractivity contribution in [2.24, 2.45) is 0 Å². The lowest BCUT2D eigenvalue weighted by atomic mass is 10.1. The summed E-state index contributed by atoms with van der Waals surface area (Å²) in [5, 5.41) is 3.37. The monoisotopic (exact) mass is 273 g/mol. The molecule has 0 fully saturated rings. The molecule has 2 aromatic rings. The summed E-state index contributed by atoms with van der Waals surface area (Å²) >= 11 is 0. The van der Waals surface area contributed by atoms with E-state index in [1.54, 1.807) is 0 Å². The van der Waals surface area contributed by atoms with Crippen LogP contribution >= 0.6 is 0 Å². The maximum absolute atomic E-state index is 5.48. The minimum absolute atomic E-state index is 0.269. The molecule has 1 aromatic carbocycles. The number of hydrogen-bond acceptors (Lipinski definition) is 3. The molecule has 0 saturated heterocycles. The van der Waals surface area contributed by atoms with E-state index in [1.165, 1.54) is 5.56 Å². The van der Waals surface area contributed by atoms with Crippen LogP contribution < -0.4 is 10.1 Å². The van der Waals surface area contributed by atoms with Crippen molar-refractivity contribution in [1.82, 2.24) is 14.9 Å². The highest BCUT2D eigenvalue weighted by Crippen LogP contribution is 2.19. The van der Waals surface area contributed by atoms with Crippen LogP contribution in [-0.2, 0) is 13.0 Å². The second-order valence-corrected chi connectivity index (χ2v) is 4.69. The molecule has 0 aliphatic rings. The van der Waals surface area contributed by atoms with Crippen molar-refractivity contribution < 1.29 is 4.74 Å². The average molecular weight is 273 g/mol. The largest absolute Gasteiger partial charge is 0.494 e. The van der Waals surface area contributed by atoms with Gasteiger partial charge in [0.25, 0.3) is 0 Å². The van der Waals surface area contributed by atoms with Crippen LogP contribution in [0.15, 0.2) is 36.7 Å². The summed E-state index contributed by atoms with van der Waals surface area (Å²) < 4.78 is 7.69. The molecule has 0 bridgehead atoms. The first-order valence-electron chi connectivity index (χ1n) is 7.18. The third-order valence-electron chi connectivity index (χ3n) is 3.44.